The molecule has 0 bridgehead atoms. The van der Waals surface area contributed by atoms with Gasteiger partial charge in [0.05, 0.1) is 0 Å². The van der Waals surface area contributed by atoms with Gasteiger partial charge >= 0.3 is 0 Å². The summed E-state index contributed by atoms with van der Waals surface area (Å²) >= 11 is 0. The number of nitrogens with two attached hydrogens (primary N) is 1. The summed E-state index contributed by atoms with van der Waals surface area (Å²) in [6.07, 6.45) is 4.93. The molecule has 1 atom stereocenters. The summed E-state index contributed by atoms with van der Waals surface area (Å²) in [5.74, 6) is 1.17. The predicted molar refractivity (Wildman–Crippen MR) is 73.3 cm³/mol. The van der Waals surface area contributed by atoms with Crippen LogP contribution in [-0.4, -0.2) is 21.2 Å². The van der Waals surface area contributed by atoms with E-state index in [1.54, 1.807) is 12.4 Å². The molecule has 0 aliphatic carbocycles. The average Bonchev–Trinajstić information content (AvgIpc) is 2.76. The molecule has 2 N–H and O–H groups in total. The molecule has 5 heteroatoms. The van der Waals surface area contributed by atoms with Crippen molar-refractivity contribution in [3.8, 4) is 11.4 Å². The van der Waals surface area contributed by atoms with E-state index >= 15 is 0 Å². The summed E-state index contributed by atoms with van der Waals surface area (Å²) in [7, 11) is 0. The quantitative estimate of drug-likeness (QED) is 0.913. The third-order valence-electron chi connectivity index (χ3n) is 2.72. The van der Waals surface area contributed by atoms with Crippen LogP contribution in [0.5, 0.6) is 0 Å². The van der Waals surface area contributed by atoms with Gasteiger partial charge in [0.2, 0.25) is 11.7 Å². The fourth-order valence-electron chi connectivity index (χ4n) is 2.04. The van der Waals surface area contributed by atoms with Gasteiger partial charge in [0.15, 0.2) is 0 Å². The Labute approximate surface area is 113 Å². The maximum absolute atomic E-state index is 6.10. The predicted octanol–water partition coefficient (Wildman–Crippen LogP) is 2.44. The van der Waals surface area contributed by atoms with E-state index in [1.807, 2.05) is 12.1 Å². The van der Waals surface area contributed by atoms with Crippen LogP contribution in [0.4, 0.5) is 0 Å². The van der Waals surface area contributed by atoms with Crippen molar-refractivity contribution in [2.24, 2.45) is 11.1 Å². The molecule has 2 heterocycles. The number of hydrogen-bond acceptors (Lipinski definition) is 5. The summed E-state index contributed by atoms with van der Waals surface area (Å²) in [5.41, 5.74) is 7.20. The second-order valence-electron chi connectivity index (χ2n) is 5.98. The normalized spacial score (nSPS) is 13.5. The fourth-order valence-corrected chi connectivity index (χ4v) is 2.04. The van der Waals surface area contributed by atoms with Crippen molar-refractivity contribution in [3.63, 3.8) is 0 Å². The summed E-state index contributed by atoms with van der Waals surface area (Å²) in [6, 6.07) is 3.73. The van der Waals surface area contributed by atoms with E-state index in [2.05, 4.69) is 35.9 Å². The van der Waals surface area contributed by atoms with Gasteiger partial charge in [-0.25, -0.2) is 0 Å². The molecule has 2 aromatic heterocycles. The molecule has 2 aromatic rings. The Balaban J connectivity index is 2.02. The molecule has 0 saturated carbocycles. The van der Waals surface area contributed by atoms with E-state index in [-0.39, 0.29) is 11.5 Å². The highest BCUT2D eigenvalue weighted by Crippen LogP contribution is 2.22. The van der Waals surface area contributed by atoms with Gasteiger partial charge in [0.25, 0.3) is 0 Å². The van der Waals surface area contributed by atoms with Crippen molar-refractivity contribution < 1.29 is 4.52 Å². The molecule has 1 unspecified atom stereocenters. The van der Waals surface area contributed by atoms with Gasteiger partial charge in [-0.2, -0.15) is 4.98 Å². The molecule has 0 radical (unpaired) electrons. The average molecular weight is 260 g/mol. The number of rotatable bonds is 4. The van der Waals surface area contributed by atoms with Gasteiger partial charge in [-0.15, -0.1) is 0 Å². The highest BCUT2D eigenvalue weighted by Gasteiger charge is 2.18. The van der Waals surface area contributed by atoms with E-state index in [0.29, 0.717) is 18.1 Å². The number of aromatic nitrogens is 3. The third kappa shape index (κ3) is 4.13. The molecular formula is C14H20N4O. The van der Waals surface area contributed by atoms with Gasteiger partial charge in [-0.05, 0) is 24.0 Å². The van der Waals surface area contributed by atoms with E-state index < -0.39 is 0 Å². The van der Waals surface area contributed by atoms with Crippen molar-refractivity contribution in [1.82, 2.24) is 15.1 Å². The molecule has 5 nitrogen and oxygen atoms in total. The van der Waals surface area contributed by atoms with Crippen LogP contribution in [0.2, 0.25) is 0 Å². The zero-order valence-electron chi connectivity index (χ0n) is 11.6. The lowest BCUT2D eigenvalue weighted by Gasteiger charge is -2.21. The minimum Gasteiger partial charge on any atom is -0.339 e. The first-order valence-corrected chi connectivity index (χ1v) is 6.42. The van der Waals surface area contributed by atoms with Crippen molar-refractivity contribution in [3.05, 3.63) is 30.4 Å². The second-order valence-corrected chi connectivity index (χ2v) is 5.98. The van der Waals surface area contributed by atoms with E-state index in [1.165, 1.54) is 0 Å². The van der Waals surface area contributed by atoms with E-state index in [4.69, 9.17) is 10.3 Å². The molecule has 0 aliphatic heterocycles. The Morgan fingerprint density at radius 3 is 2.58 bits per heavy atom. The Kier molecular flexibility index (Phi) is 3.95. The first kappa shape index (κ1) is 13.7. The van der Waals surface area contributed by atoms with Crippen LogP contribution in [0, 0.1) is 5.41 Å². The number of pyridine rings is 1. The van der Waals surface area contributed by atoms with Crippen LogP contribution >= 0.6 is 0 Å². The monoisotopic (exact) mass is 260 g/mol. The first-order chi connectivity index (χ1) is 8.94. The Hall–Kier alpha value is -1.75. The minimum absolute atomic E-state index is 0.0331. The Morgan fingerprint density at radius 1 is 1.26 bits per heavy atom. The fraction of sp³-hybridized carbons (Fsp3) is 0.500. The molecular weight excluding hydrogens is 240 g/mol. The van der Waals surface area contributed by atoms with Crippen LogP contribution in [0.25, 0.3) is 11.4 Å². The molecule has 19 heavy (non-hydrogen) atoms. The molecule has 0 fully saturated rings. The number of nitrogens with zero attached hydrogens (tertiary/aromatic N) is 3. The van der Waals surface area contributed by atoms with Gasteiger partial charge in [-0.1, -0.05) is 25.9 Å². The van der Waals surface area contributed by atoms with Crippen molar-refractivity contribution in [2.45, 2.75) is 39.7 Å². The molecule has 0 aromatic carbocycles. The lowest BCUT2D eigenvalue weighted by Crippen LogP contribution is -2.28. The molecule has 0 saturated heterocycles. The van der Waals surface area contributed by atoms with Crippen molar-refractivity contribution in [2.75, 3.05) is 0 Å². The van der Waals surface area contributed by atoms with Crippen LogP contribution in [0.1, 0.15) is 33.1 Å². The highest BCUT2D eigenvalue weighted by atomic mass is 16.5. The zero-order chi connectivity index (χ0) is 13.9. The molecule has 102 valence electrons. The standard InChI is InChI=1S/C14H20N4O/c1-14(2,3)9-11(15)8-12-17-13(18-19-12)10-4-6-16-7-5-10/h4-7,11H,8-9,15H2,1-3H3. The third-order valence-corrected chi connectivity index (χ3v) is 2.72. The summed E-state index contributed by atoms with van der Waals surface area (Å²) in [6.45, 7) is 6.51. The molecule has 0 amide bonds. The minimum atomic E-state index is 0.0331. The summed E-state index contributed by atoms with van der Waals surface area (Å²) in [4.78, 5) is 8.33. The van der Waals surface area contributed by atoms with E-state index in [9.17, 15) is 0 Å². The van der Waals surface area contributed by atoms with Gasteiger partial charge in [-0.3, -0.25) is 4.98 Å². The highest BCUT2D eigenvalue weighted by molar-refractivity contribution is 5.52. The van der Waals surface area contributed by atoms with E-state index in [0.717, 1.165) is 12.0 Å². The Bertz CT molecular complexity index is 516. The maximum atomic E-state index is 6.10. The SMILES string of the molecule is CC(C)(C)CC(N)Cc1nc(-c2ccncc2)no1. The topological polar surface area (TPSA) is 77.8 Å². The summed E-state index contributed by atoms with van der Waals surface area (Å²) in [5, 5.41) is 3.97. The van der Waals surface area contributed by atoms with Crippen LogP contribution in [0.15, 0.2) is 29.0 Å². The second kappa shape index (κ2) is 5.48. The summed E-state index contributed by atoms with van der Waals surface area (Å²) < 4.78 is 5.24. The first-order valence-electron chi connectivity index (χ1n) is 6.42. The van der Waals surface area contributed by atoms with Crippen LogP contribution in [0.3, 0.4) is 0 Å². The smallest absolute Gasteiger partial charge is 0.228 e. The maximum Gasteiger partial charge on any atom is 0.228 e. The zero-order valence-corrected chi connectivity index (χ0v) is 11.6. The van der Waals surface area contributed by atoms with Crippen molar-refractivity contribution in [1.29, 1.82) is 0 Å². The lowest BCUT2D eigenvalue weighted by atomic mass is 9.87. The molecule has 0 spiro atoms. The number of hydrogen-bond donors (Lipinski definition) is 1. The Morgan fingerprint density at radius 2 is 1.95 bits per heavy atom. The lowest BCUT2D eigenvalue weighted by molar-refractivity contribution is 0.313. The van der Waals surface area contributed by atoms with Crippen LogP contribution < -0.4 is 5.73 Å². The molecule has 0 aliphatic rings. The van der Waals surface area contributed by atoms with Gasteiger partial charge in [0.1, 0.15) is 0 Å². The van der Waals surface area contributed by atoms with Gasteiger partial charge < -0.3 is 10.3 Å². The van der Waals surface area contributed by atoms with Gasteiger partial charge in [0, 0.05) is 30.4 Å². The van der Waals surface area contributed by atoms with Crippen molar-refractivity contribution >= 4 is 0 Å². The largest absolute Gasteiger partial charge is 0.339 e. The van der Waals surface area contributed by atoms with Crippen LogP contribution in [-0.2, 0) is 6.42 Å². The molecule has 2 rings (SSSR count).